The number of halogens is 2. The lowest BCUT2D eigenvalue weighted by Crippen LogP contribution is -2.44. The molecule has 6 rings (SSSR count). The van der Waals surface area contributed by atoms with Crippen LogP contribution in [0.4, 0.5) is 20.5 Å². The first-order valence-corrected chi connectivity index (χ1v) is 12.2. The van der Waals surface area contributed by atoms with Gasteiger partial charge in [-0.25, -0.2) is 8.78 Å². The maximum atomic E-state index is 15.3. The van der Waals surface area contributed by atoms with Gasteiger partial charge in [0.25, 0.3) is 0 Å². The number of aromatic nitrogens is 2. The van der Waals surface area contributed by atoms with Gasteiger partial charge >= 0.3 is 0 Å². The molecule has 4 heterocycles. The predicted octanol–water partition coefficient (Wildman–Crippen LogP) is 4.76. The van der Waals surface area contributed by atoms with Gasteiger partial charge in [-0.1, -0.05) is 11.6 Å². The van der Waals surface area contributed by atoms with Crippen molar-refractivity contribution in [1.82, 2.24) is 14.9 Å². The molecule has 3 aliphatic rings. The summed E-state index contributed by atoms with van der Waals surface area (Å²) in [5.41, 5.74) is 2.41. The Morgan fingerprint density at radius 3 is 2.70 bits per heavy atom. The average molecular weight is 505 g/mol. The highest BCUT2D eigenvalue weighted by molar-refractivity contribution is 6.09. The number of likely N-dealkylation sites (N-methyl/N-ethyl adjacent to an activating group) is 1. The van der Waals surface area contributed by atoms with Crippen molar-refractivity contribution in [3.63, 3.8) is 0 Å². The maximum absolute atomic E-state index is 15.3. The molecule has 2 aliphatic heterocycles. The summed E-state index contributed by atoms with van der Waals surface area (Å²) in [6, 6.07) is 6.45. The van der Waals surface area contributed by atoms with Crippen LogP contribution in [0.3, 0.4) is 0 Å². The molecule has 10 heteroatoms. The van der Waals surface area contributed by atoms with Crippen molar-refractivity contribution >= 4 is 29.3 Å². The minimum atomic E-state index is -0.603. The number of amidine groups is 1. The Morgan fingerprint density at radius 2 is 1.92 bits per heavy atom. The number of rotatable bonds is 5. The number of anilines is 2. The Balaban J connectivity index is 1.32. The molecule has 190 valence electrons. The fourth-order valence-electron chi connectivity index (χ4n) is 4.70. The quantitative estimate of drug-likeness (QED) is 0.537. The fourth-order valence-corrected chi connectivity index (χ4v) is 4.70. The largest absolute Gasteiger partial charge is 0.465 e. The molecule has 37 heavy (non-hydrogen) atoms. The SMILES string of the molecule is CC1=Cc2c(F)c(Oc3cc(N4CCN(C)CC4)nc(NC4=NCC(c5ccco5)=C4)n3)cc(F)c2C1. The highest BCUT2D eigenvalue weighted by atomic mass is 19.1. The summed E-state index contributed by atoms with van der Waals surface area (Å²) >= 11 is 0. The molecule has 1 aliphatic carbocycles. The minimum absolute atomic E-state index is 0.109. The van der Waals surface area contributed by atoms with Gasteiger partial charge in [0.1, 0.15) is 23.2 Å². The number of fused-ring (bicyclic) bond motifs is 1. The van der Waals surface area contributed by atoms with E-state index in [1.165, 1.54) is 0 Å². The van der Waals surface area contributed by atoms with E-state index in [1.807, 2.05) is 25.1 Å². The Kier molecular flexibility index (Phi) is 5.96. The summed E-state index contributed by atoms with van der Waals surface area (Å²) in [5.74, 6) is 0.993. The van der Waals surface area contributed by atoms with Crippen LogP contribution in [0.1, 0.15) is 23.8 Å². The molecule has 0 bridgehead atoms. The van der Waals surface area contributed by atoms with Crippen molar-refractivity contribution in [3.05, 3.63) is 70.7 Å². The number of furan rings is 1. The van der Waals surface area contributed by atoms with Crippen LogP contribution in [0, 0.1) is 11.6 Å². The normalized spacial score (nSPS) is 17.4. The number of hydrogen-bond acceptors (Lipinski definition) is 8. The van der Waals surface area contributed by atoms with E-state index >= 15 is 4.39 Å². The second-order valence-corrected chi connectivity index (χ2v) is 9.48. The fraction of sp³-hybridized carbons (Fsp3) is 0.296. The first-order chi connectivity index (χ1) is 17.9. The molecule has 0 atom stereocenters. The monoisotopic (exact) mass is 504 g/mol. The van der Waals surface area contributed by atoms with E-state index in [9.17, 15) is 4.39 Å². The molecule has 1 saturated heterocycles. The molecule has 8 nitrogen and oxygen atoms in total. The van der Waals surface area contributed by atoms with Gasteiger partial charge in [-0.05, 0) is 38.6 Å². The summed E-state index contributed by atoms with van der Waals surface area (Å²) in [4.78, 5) is 18.0. The third-order valence-corrected chi connectivity index (χ3v) is 6.71. The van der Waals surface area contributed by atoms with E-state index in [0.29, 0.717) is 30.2 Å². The summed E-state index contributed by atoms with van der Waals surface area (Å²) in [6.07, 6.45) is 5.54. The van der Waals surface area contributed by atoms with E-state index in [2.05, 4.69) is 37.1 Å². The van der Waals surface area contributed by atoms with Gasteiger partial charge in [-0.2, -0.15) is 9.97 Å². The van der Waals surface area contributed by atoms with Crippen LogP contribution in [0.25, 0.3) is 11.6 Å². The number of nitrogens with zero attached hydrogens (tertiary/aromatic N) is 5. The summed E-state index contributed by atoms with van der Waals surface area (Å²) in [5, 5.41) is 3.14. The average Bonchev–Trinajstić information content (AvgIpc) is 3.64. The van der Waals surface area contributed by atoms with Gasteiger partial charge in [0.15, 0.2) is 11.6 Å². The number of aliphatic imine (C=N–C) groups is 1. The van der Waals surface area contributed by atoms with Crippen molar-refractivity contribution in [1.29, 1.82) is 0 Å². The lowest BCUT2D eigenvalue weighted by molar-refractivity contribution is 0.312. The Bertz CT molecular complexity index is 1440. The molecule has 2 aromatic heterocycles. The number of ether oxygens (including phenoxy) is 1. The van der Waals surface area contributed by atoms with Gasteiger partial charge in [0, 0.05) is 55.0 Å². The van der Waals surface area contributed by atoms with E-state index in [-0.39, 0.29) is 23.1 Å². The number of hydrogen-bond donors (Lipinski definition) is 1. The summed E-state index contributed by atoms with van der Waals surface area (Å²) < 4.78 is 41.3. The Morgan fingerprint density at radius 1 is 1.08 bits per heavy atom. The molecule has 0 radical (unpaired) electrons. The van der Waals surface area contributed by atoms with E-state index in [4.69, 9.17) is 9.15 Å². The van der Waals surface area contributed by atoms with Gasteiger partial charge in [0.05, 0.1) is 12.8 Å². The van der Waals surface area contributed by atoms with Crippen LogP contribution in [0.15, 0.2) is 51.6 Å². The Hall–Kier alpha value is -4.05. The molecular formula is C27H26F2N6O2. The predicted molar refractivity (Wildman–Crippen MR) is 138 cm³/mol. The number of nitrogens with one attached hydrogen (secondary N) is 1. The Labute approximate surface area is 213 Å². The second-order valence-electron chi connectivity index (χ2n) is 9.48. The van der Waals surface area contributed by atoms with Gasteiger partial charge < -0.3 is 24.3 Å². The van der Waals surface area contributed by atoms with Crippen LogP contribution in [0.2, 0.25) is 0 Å². The van der Waals surface area contributed by atoms with E-state index in [1.54, 1.807) is 18.4 Å². The van der Waals surface area contributed by atoms with Crippen molar-refractivity contribution in [3.8, 4) is 11.6 Å². The first-order valence-electron chi connectivity index (χ1n) is 12.2. The van der Waals surface area contributed by atoms with Gasteiger partial charge in [-0.15, -0.1) is 0 Å². The van der Waals surface area contributed by atoms with Crippen LogP contribution in [-0.4, -0.2) is 60.5 Å². The smallest absolute Gasteiger partial charge is 0.233 e. The first kappa shape index (κ1) is 23.4. The minimum Gasteiger partial charge on any atom is -0.465 e. The highest BCUT2D eigenvalue weighted by Gasteiger charge is 2.24. The molecule has 0 saturated carbocycles. The third-order valence-electron chi connectivity index (χ3n) is 6.71. The standard InChI is InChI=1S/C27H26F2N6O2/c1-16-10-18-19(11-16)26(29)22(13-20(18)28)37-25-14-24(35-7-5-34(2)6-8-35)32-27(33-25)31-23-12-17(15-30-23)21-4-3-9-36-21/h3-4,9,11-14H,5-8,10,15H2,1-2H3,(H,30,31,32,33). The molecule has 0 amide bonds. The van der Waals surface area contributed by atoms with Gasteiger partial charge in [0.2, 0.25) is 11.8 Å². The molecule has 3 aromatic rings. The van der Waals surface area contributed by atoms with Crippen molar-refractivity contribution in [2.75, 3.05) is 50.0 Å². The zero-order valence-electron chi connectivity index (χ0n) is 20.6. The maximum Gasteiger partial charge on any atom is 0.233 e. The van der Waals surface area contributed by atoms with Crippen LogP contribution in [-0.2, 0) is 6.42 Å². The second kappa shape index (κ2) is 9.44. The summed E-state index contributed by atoms with van der Waals surface area (Å²) in [7, 11) is 2.07. The zero-order valence-corrected chi connectivity index (χ0v) is 20.6. The van der Waals surface area contributed by atoms with E-state index < -0.39 is 11.6 Å². The highest BCUT2D eigenvalue weighted by Crippen LogP contribution is 2.36. The molecule has 0 spiro atoms. The molecule has 1 fully saturated rings. The number of benzene rings is 1. The van der Waals surface area contributed by atoms with Gasteiger partial charge in [-0.3, -0.25) is 4.99 Å². The molecule has 0 unspecified atom stereocenters. The number of allylic oxidation sites excluding steroid dienone is 1. The van der Waals surface area contributed by atoms with Crippen LogP contribution >= 0.6 is 0 Å². The van der Waals surface area contributed by atoms with Crippen LogP contribution in [0.5, 0.6) is 11.6 Å². The number of piperazine rings is 1. The van der Waals surface area contributed by atoms with E-state index in [0.717, 1.165) is 49.2 Å². The van der Waals surface area contributed by atoms with Crippen molar-refractivity contribution in [2.45, 2.75) is 13.3 Å². The molecule has 1 aromatic carbocycles. The topological polar surface area (TPSA) is 79.0 Å². The lowest BCUT2D eigenvalue weighted by Gasteiger charge is -2.33. The lowest BCUT2D eigenvalue weighted by atomic mass is 10.1. The third kappa shape index (κ3) is 4.72. The van der Waals surface area contributed by atoms with Crippen LogP contribution < -0.4 is 15.0 Å². The molecular weight excluding hydrogens is 478 g/mol. The van der Waals surface area contributed by atoms with Crippen molar-refractivity contribution in [2.24, 2.45) is 4.99 Å². The van der Waals surface area contributed by atoms with Crippen molar-refractivity contribution < 1.29 is 17.9 Å². The molecule has 1 N–H and O–H groups in total. The summed E-state index contributed by atoms with van der Waals surface area (Å²) in [6.45, 7) is 5.59. The zero-order chi connectivity index (χ0) is 25.5.